The van der Waals surface area contributed by atoms with Crippen LogP contribution >= 0.6 is 23.6 Å². The number of aromatic amines is 1. The van der Waals surface area contributed by atoms with E-state index in [2.05, 4.69) is 4.98 Å². The number of hydrogen-bond acceptors (Lipinski definition) is 3. The van der Waals surface area contributed by atoms with Crippen molar-refractivity contribution in [2.75, 3.05) is 0 Å². The summed E-state index contributed by atoms with van der Waals surface area (Å²) in [6, 6.07) is 7.90. The van der Waals surface area contributed by atoms with E-state index < -0.39 is 0 Å². The molecule has 96 valence electrons. The molecule has 0 aliphatic carbocycles. The number of benzene rings is 1. The second-order valence-electron chi connectivity index (χ2n) is 4.52. The van der Waals surface area contributed by atoms with Crippen molar-refractivity contribution < 1.29 is 0 Å². The molecule has 3 nitrogen and oxygen atoms in total. The molecule has 1 N–H and O–H groups in total. The lowest BCUT2D eigenvalue weighted by Crippen LogP contribution is -2.20. The number of H-pyrrole nitrogens is 1. The number of nitrogens with one attached hydrogen (secondary N) is 1. The van der Waals surface area contributed by atoms with E-state index in [1.807, 2.05) is 43.5 Å². The molecule has 0 atom stereocenters. The molecule has 0 aliphatic heterocycles. The van der Waals surface area contributed by atoms with E-state index in [-0.39, 0.29) is 5.56 Å². The molecule has 5 heteroatoms. The van der Waals surface area contributed by atoms with Crippen LogP contribution in [0.25, 0.3) is 15.9 Å². The minimum Gasteiger partial charge on any atom is -0.331 e. The Bertz CT molecular complexity index is 886. The first kappa shape index (κ1) is 12.3. The zero-order chi connectivity index (χ0) is 13.6. The molecular weight excluding hydrogens is 276 g/mol. The van der Waals surface area contributed by atoms with Crippen LogP contribution in [0, 0.1) is 18.6 Å². The predicted octanol–water partition coefficient (Wildman–Crippen LogP) is 3.73. The second kappa shape index (κ2) is 4.43. The minimum absolute atomic E-state index is 0.0533. The lowest BCUT2D eigenvalue weighted by atomic mass is 10.1. The van der Waals surface area contributed by atoms with Crippen molar-refractivity contribution in [1.82, 2.24) is 9.55 Å². The van der Waals surface area contributed by atoms with E-state index in [0.717, 1.165) is 22.3 Å². The molecule has 0 radical (unpaired) electrons. The highest BCUT2D eigenvalue weighted by Gasteiger charge is 2.10. The van der Waals surface area contributed by atoms with Crippen LogP contribution in [0.5, 0.6) is 0 Å². The fraction of sp³-hybridized carbons (Fsp3) is 0.143. The smallest absolute Gasteiger partial charge is 0.276 e. The number of fused-ring (bicyclic) bond motifs is 1. The van der Waals surface area contributed by atoms with Gasteiger partial charge in [0.05, 0.1) is 11.2 Å². The highest BCUT2D eigenvalue weighted by Crippen LogP contribution is 2.18. The molecule has 3 aromatic rings. The van der Waals surface area contributed by atoms with Gasteiger partial charge in [-0.2, -0.15) is 0 Å². The molecule has 3 rings (SSSR count). The van der Waals surface area contributed by atoms with E-state index in [1.54, 1.807) is 4.57 Å². The summed E-state index contributed by atoms with van der Waals surface area (Å²) in [5.74, 6) is 0. The average Bonchev–Trinajstić information content (AvgIpc) is 2.82. The van der Waals surface area contributed by atoms with Crippen LogP contribution in [0.4, 0.5) is 0 Å². The number of nitrogens with zero attached hydrogens (tertiary/aromatic N) is 1. The normalized spacial score (nSPS) is 11.1. The number of hydrogen-bond donors (Lipinski definition) is 1. The van der Waals surface area contributed by atoms with Gasteiger partial charge in [0, 0.05) is 0 Å². The summed E-state index contributed by atoms with van der Waals surface area (Å²) >= 11 is 6.76. The van der Waals surface area contributed by atoms with Crippen molar-refractivity contribution in [2.24, 2.45) is 0 Å². The molecule has 0 spiro atoms. The van der Waals surface area contributed by atoms with Crippen molar-refractivity contribution in [3.63, 3.8) is 0 Å². The Balaban J connectivity index is 2.46. The van der Waals surface area contributed by atoms with Gasteiger partial charge in [-0.15, -0.1) is 11.3 Å². The molecule has 0 unspecified atom stereocenters. The van der Waals surface area contributed by atoms with E-state index >= 15 is 0 Å². The lowest BCUT2D eigenvalue weighted by Gasteiger charge is -2.10. The topological polar surface area (TPSA) is 37.8 Å². The van der Waals surface area contributed by atoms with Crippen molar-refractivity contribution in [1.29, 1.82) is 0 Å². The first-order chi connectivity index (χ1) is 9.08. The summed E-state index contributed by atoms with van der Waals surface area (Å²) in [4.78, 5) is 15.7. The zero-order valence-corrected chi connectivity index (χ0v) is 12.2. The summed E-state index contributed by atoms with van der Waals surface area (Å²) in [7, 11) is 0. The van der Waals surface area contributed by atoms with E-state index in [4.69, 9.17) is 12.2 Å². The molecule has 0 bridgehead atoms. The first-order valence-corrected chi connectivity index (χ1v) is 7.17. The van der Waals surface area contributed by atoms with Crippen LogP contribution in [0.3, 0.4) is 0 Å². The molecule has 1 aromatic carbocycles. The molecule has 0 saturated heterocycles. The van der Waals surface area contributed by atoms with Gasteiger partial charge in [0.2, 0.25) is 0 Å². The molecular formula is C14H12N2OS2. The maximum atomic E-state index is 12.6. The molecule has 0 aliphatic rings. The van der Waals surface area contributed by atoms with Gasteiger partial charge in [-0.3, -0.25) is 9.36 Å². The third kappa shape index (κ3) is 1.95. The summed E-state index contributed by atoms with van der Waals surface area (Å²) in [6.07, 6.45) is 0. The molecule has 0 saturated carbocycles. The Labute approximate surface area is 119 Å². The van der Waals surface area contributed by atoms with Crippen molar-refractivity contribution in [2.45, 2.75) is 13.8 Å². The fourth-order valence-electron chi connectivity index (χ4n) is 2.12. The average molecular weight is 288 g/mol. The maximum Gasteiger partial charge on any atom is 0.276 e. The Hall–Kier alpha value is -1.72. The Kier molecular flexibility index (Phi) is 2.88. The van der Waals surface area contributed by atoms with Gasteiger partial charge in [0.1, 0.15) is 4.70 Å². The largest absolute Gasteiger partial charge is 0.331 e. The van der Waals surface area contributed by atoms with Crippen LogP contribution in [0.1, 0.15) is 11.1 Å². The molecule has 0 amide bonds. The zero-order valence-electron chi connectivity index (χ0n) is 10.6. The van der Waals surface area contributed by atoms with Gasteiger partial charge >= 0.3 is 0 Å². The van der Waals surface area contributed by atoms with E-state index in [1.165, 1.54) is 11.3 Å². The Morgan fingerprint density at radius 2 is 2.05 bits per heavy atom. The van der Waals surface area contributed by atoms with Gasteiger partial charge in [0.15, 0.2) is 4.77 Å². The van der Waals surface area contributed by atoms with Gasteiger partial charge in [-0.25, -0.2) is 0 Å². The lowest BCUT2D eigenvalue weighted by molar-refractivity contribution is 0.932. The number of aryl methyl sites for hydroxylation is 2. The van der Waals surface area contributed by atoms with Crippen molar-refractivity contribution in [3.05, 3.63) is 55.9 Å². The summed E-state index contributed by atoms with van der Waals surface area (Å²) < 4.78 is 2.72. The third-order valence-electron chi connectivity index (χ3n) is 3.11. The Morgan fingerprint density at radius 1 is 1.26 bits per heavy atom. The summed E-state index contributed by atoms with van der Waals surface area (Å²) in [6.45, 7) is 3.99. The quantitative estimate of drug-likeness (QED) is 0.693. The van der Waals surface area contributed by atoms with Crippen molar-refractivity contribution >= 4 is 33.8 Å². The molecule has 2 heterocycles. The second-order valence-corrected chi connectivity index (χ2v) is 5.83. The van der Waals surface area contributed by atoms with Gasteiger partial charge in [-0.1, -0.05) is 12.1 Å². The van der Waals surface area contributed by atoms with Gasteiger partial charge in [-0.05, 0) is 54.7 Å². The number of aromatic nitrogens is 2. The molecule has 0 fully saturated rings. The standard InChI is InChI=1S/C14H12N2OS2/c1-8-3-4-9(2)11(7-8)16-13(17)12-10(5-6-19-12)15-14(16)18/h3-7H,1-2H3,(H,15,18). The molecule has 19 heavy (non-hydrogen) atoms. The Morgan fingerprint density at radius 3 is 2.84 bits per heavy atom. The third-order valence-corrected chi connectivity index (χ3v) is 4.30. The van der Waals surface area contributed by atoms with Crippen molar-refractivity contribution in [3.8, 4) is 5.69 Å². The SMILES string of the molecule is Cc1ccc(C)c(-n2c(=S)[nH]c3ccsc3c2=O)c1. The van der Waals surface area contributed by atoms with Crippen LogP contribution in [0.2, 0.25) is 0 Å². The van der Waals surface area contributed by atoms with Crippen LogP contribution in [-0.2, 0) is 0 Å². The van der Waals surface area contributed by atoms with Gasteiger partial charge < -0.3 is 4.98 Å². The fourth-order valence-corrected chi connectivity index (χ4v) is 3.19. The van der Waals surface area contributed by atoms with Crippen LogP contribution in [0.15, 0.2) is 34.4 Å². The van der Waals surface area contributed by atoms with E-state index in [9.17, 15) is 4.79 Å². The number of thiophene rings is 1. The van der Waals surface area contributed by atoms with Gasteiger partial charge in [0.25, 0.3) is 5.56 Å². The highest BCUT2D eigenvalue weighted by atomic mass is 32.1. The summed E-state index contributed by atoms with van der Waals surface area (Å²) in [5, 5.41) is 1.89. The van der Waals surface area contributed by atoms with Crippen LogP contribution < -0.4 is 5.56 Å². The number of rotatable bonds is 1. The highest BCUT2D eigenvalue weighted by molar-refractivity contribution is 7.71. The molecule has 2 aromatic heterocycles. The van der Waals surface area contributed by atoms with E-state index in [0.29, 0.717) is 9.47 Å². The maximum absolute atomic E-state index is 12.6. The minimum atomic E-state index is -0.0533. The first-order valence-electron chi connectivity index (χ1n) is 5.88. The monoisotopic (exact) mass is 288 g/mol. The predicted molar refractivity (Wildman–Crippen MR) is 82.1 cm³/mol. The summed E-state index contributed by atoms with van der Waals surface area (Å²) in [5.41, 5.74) is 3.74. The van der Waals surface area contributed by atoms with Crippen LogP contribution in [-0.4, -0.2) is 9.55 Å².